The second-order valence-electron chi connectivity index (χ2n) is 8.42. The molecule has 5 atom stereocenters. The van der Waals surface area contributed by atoms with Crippen molar-refractivity contribution in [1.82, 2.24) is 0 Å². The fraction of sp³-hybridized carbons (Fsp3) is 1.00. The van der Waals surface area contributed by atoms with Crippen LogP contribution in [0.25, 0.3) is 0 Å². The summed E-state index contributed by atoms with van der Waals surface area (Å²) >= 11 is 0. The van der Waals surface area contributed by atoms with Gasteiger partial charge in [-0.25, -0.2) is 0 Å². The monoisotopic (exact) mass is 280 g/mol. The smallest absolute Gasteiger partial charge is 0.0684 e. The summed E-state index contributed by atoms with van der Waals surface area (Å²) in [5.41, 5.74) is 0.787. The van der Waals surface area contributed by atoms with Crippen LogP contribution in [0.2, 0.25) is 0 Å². The normalized spacial score (nSPS) is 48.3. The van der Waals surface area contributed by atoms with E-state index in [1.807, 2.05) is 0 Å². The molecule has 5 unspecified atom stereocenters. The van der Waals surface area contributed by atoms with Crippen molar-refractivity contribution < 1.29 is 9.84 Å². The molecule has 0 amide bonds. The molecule has 2 heteroatoms. The van der Waals surface area contributed by atoms with Crippen molar-refractivity contribution in [2.45, 2.75) is 91.5 Å². The first-order valence-electron chi connectivity index (χ1n) is 8.65. The van der Waals surface area contributed by atoms with Crippen LogP contribution in [-0.2, 0) is 4.74 Å². The van der Waals surface area contributed by atoms with Gasteiger partial charge in [0.05, 0.1) is 18.3 Å². The summed E-state index contributed by atoms with van der Waals surface area (Å²) in [5.74, 6) is 0.833. The Morgan fingerprint density at radius 2 is 1.70 bits per heavy atom. The molecule has 3 aliphatic rings. The van der Waals surface area contributed by atoms with E-state index in [9.17, 15) is 5.11 Å². The molecule has 3 aliphatic carbocycles. The van der Waals surface area contributed by atoms with Gasteiger partial charge in [-0.05, 0) is 48.9 Å². The van der Waals surface area contributed by atoms with Crippen LogP contribution < -0.4 is 0 Å². The van der Waals surface area contributed by atoms with Crippen molar-refractivity contribution in [2.75, 3.05) is 0 Å². The minimum absolute atomic E-state index is 0.0301. The SMILES string of the molecule is CCC1(CC)C(O)CC1OC1CC2CCC1(C)C2(C)C. The second kappa shape index (κ2) is 4.46. The Labute approximate surface area is 124 Å². The third kappa shape index (κ3) is 1.58. The van der Waals surface area contributed by atoms with Crippen LogP contribution in [-0.4, -0.2) is 23.4 Å². The van der Waals surface area contributed by atoms with Crippen LogP contribution in [0.5, 0.6) is 0 Å². The number of hydrogen-bond acceptors (Lipinski definition) is 2. The number of hydrogen-bond donors (Lipinski definition) is 1. The molecule has 116 valence electrons. The Kier molecular flexibility index (Phi) is 3.31. The van der Waals surface area contributed by atoms with Crippen LogP contribution in [0, 0.1) is 22.2 Å². The maximum Gasteiger partial charge on any atom is 0.0684 e. The maximum absolute atomic E-state index is 10.2. The zero-order valence-corrected chi connectivity index (χ0v) is 13.9. The van der Waals surface area contributed by atoms with E-state index in [0.717, 1.165) is 25.2 Å². The van der Waals surface area contributed by atoms with E-state index < -0.39 is 0 Å². The van der Waals surface area contributed by atoms with Gasteiger partial charge in [0.15, 0.2) is 0 Å². The molecule has 0 aromatic heterocycles. The van der Waals surface area contributed by atoms with Gasteiger partial charge in [0.1, 0.15) is 0 Å². The summed E-state index contributed by atoms with van der Waals surface area (Å²) in [6.07, 6.45) is 7.38. The third-order valence-corrected chi connectivity index (χ3v) is 8.10. The van der Waals surface area contributed by atoms with Crippen molar-refractivity contribution in [1.29, 1.82) is 0 Å². The third-order valence-electron chi connectivity index (χ3n) is 8.10. The van der Waals surface area contributed by atoms with E-state index in [1.165, 1.54) is 19.3 Å². The molecule has 2 bridgehead atoms. The first kappa shape index (κ1) is 14.8. The Hall–Kier alpha value is -0.0800. The highest BCUT2D eigenvalue weighted by Crippen LogP contribution is 2.67. The molecule has 0 aliphatic heterocycles. The van der Waals surface area contributed by atoms with Gasteiger partial charge in [0.25, 0.3) is 0 Å². The first-order valence-corrected chi connectivity index (χ1v) is 8.65. The fourth-order valence-corrected chi connectivity index (χ4v) is 5.63. The van der Waals surface area contributed by atoms with E-state index >= 15 is 0 Å². The van der Waals surface area contributed by atoms with E-state index in [0.29, 0.717) is 16.9 Å². The second-order valence-corrected chi connectivity index (χ2v) is 8.42. The molecular formula is C18H32O2. The molecule has 3 rings (SSSR count). The van der Waals surface area contributed by atoms with Crippen molar-refractivity contribution in [2.24, 2.45) is 22.2 Å². The highest BCUT2D eigenvalue weighted by Gasteiger charge is 2.64. The molecule has 0 heterocycles. The summed E-state index contributed by atoms with van der Waals surface area (Å²) in [6.45, 7) is 11.7. The van der Waals surface area contributed by atoms with Gasteiger partial charge in [-0.15, -0.1) is 0 Å². The Morgan fingerprint density at radius 1 is 1.05 bits per heavy atom. The summed E-state index contributed by atoms with van der Waals surface area (Å²) in [7, 11) is 0. The summed E-state index contributed by atoms with van der Waals surface area (Å²) in [6, 6.07) is 0. The van der Waals surface area contributed by atoms with Gasteiger partial charge < -0.3 is 9.84 Å². The lowest BCUT2D eigenvalue weighted by Gasteiger charge is -2.55. The highest BCUT2D eigenvalue weighted by molar-refractivity contribution is 5.12. The van der Waals surface area contributed by atoms with Crippen LogP contribution in [0.3, 0.4) is 0 Å². The highest BCUT2D eigenvalue weighted by atomic mass is 16.5. The molecule has 2 nitrogen and oxygen atoms in total. The minimum Gasteiger partial charge on any atom is -0.392 e. The molecule has 0 saturated heterocycles. The van der Waals surface area contributed by atoms with Crippen molar-refractivity contribution >= 4 is 0 Å². The number of aliphatic hydroxyl groups is 1. The van der Waals surface area contributed by atoms with Gasteiger partial charge >= 0.3 is 0 Å². The number of aliphatic hydroxyl groups excluding tert-OH is 1. The average molecular weight is 280 g/mol. The predicted octanol–water partition coefficient (Wildman–Crippen LogP) is 4.16. The lowest BCUT2D eigenvalue weighted by atomic mass is 9.60. The molecule has 1 N–H and O–H groups in total. The largest absolute Gasteiger partial charge is 0.392 e. The van der Waals surface area contributed by atoms with Crippen LogP contribution in [0.15, 0.2) is 0 Å². The van der Waals surface area contributed by atoms with E-state index in [-0.39, 0.29) is 17.6 Å². The Balaban J connectivity index is 1.75. The van der Waals surface area contributed by atoms with Crippen molar-refractivity contribution in [3.8, 4) is 0 Å². The minimum atomic E-state index is -0.151. The summed E-state index contributed by atoms with van der Waals surface area (Å²) in [5, 5.41) is 10.2. The maximum atomic E-state index is 10.2. The van der Waals surface area contributed by atoms with E-state index in [4.69, 9.17) is 4.74 Å². The van der Waals surface area contributed by atoms with Crippen LogP contribution in [0.4, 0.5) is 0 Å². The molecule has 3 fully saturated rings. The van der Waals surface area contributed by atoms with E-state index in [2.05, 4.69) is 34.6 Å². The van der Waals surface area contributed by atoms with Crippen molar-refractivity contribution in [3.63, 3.8) is 0 Å². The molecule has 0 aromatic carbocycles. The summed E-state index contributed by atoms with van der Waals surface area (Å²) in [4.78, 5) is 0. The van der Waals surface area contributed by atoms with Crippen molar-refractivity contribution in [3.05, 3.63) is 0 Å². The fourth-order valence-electron chi connectivity index (χ4n) is 5.63. The number of rotatable bonds is 4. The zero-order valence-electron chi connectivity index (χ0n) is 13.9. The molecule has 0 spiro atoms. The van der Waals surface area contributed by atoms with E-state index in [1.54, 1.807) is 0 Å². The van der Waals surface area contributed by atoms with Gasteiger partial charge in [-0.2, -0.15) is 0 Å². The lowest BCUT2D eigenvalue weighted by Crippen LogP contribution is -2.59. The molecule has 0 aromatic rings. The predicted molar refractivity (Wildman–Crippen MR) is 81.5 cm³/mol. The molecule has 3 saturated carbocycles. The van der Waals surface area contributed by atoms with Gasteiger partial charge in [0, 0.05) is 11.8 Å². The van der Waals surface area contributed by atoms with Gasteiger partial charge in [-0.3, -0.25) is 0 Å². The number of ether oxygens (including phenoxy) is 1. The summed E-state index contributed by atoms with van der Waals surface area (Å²) < 4.78 is 6.63. The van der Waals surface area contributed by atoms with Gasteiger partial charge in [0.2, 0.25) is 0 Å². The van der Waals surface area contributed by atoms with Gasteiger partial charge in [-0.1, -0.05) is 34.6 Å². The quantitative estimate of drug-likeness (QED) is 0.838. The lowest BCUT2D eigenvalue weighted by molar-refractivity contribution is -0.230. The first-order chi connectivity index (χ1) is 9.31. The van der Waals surface area contributed by atoms with Crippen LogP contribution in [0.1, 0.15) is 73.1 Å². The topological polar surface area (TPSA) is 29.5 Å². The molecular weight excluding hydrogens is 248 g/mol. The number of fused-ring (bicyclic) bond motifs is 2. The Morgan fingerprint density at radius 3 is 2.10 bits per heavy atom. The molecule has 20 heavy (non-hydrogen) atoms. The van der Waals surface area contributed by atoms with Crippen LogP contribution >= 0.6 is 0 Å². The Bertz CT molecular complexity index is 385. The average Bonchev–Trinajstić information content (AvgIpc) is 2.73. The molecule has 0 radical (unpaired) electrons. The standard InChI is InChI=1S/C18H32O2/c1-6-18(7-2)13(19)11-15(18)20-14-10-12-8-9-17(14,5)16(12,3)4/h12-15,19H,6-11H2,1-5H3. The zero-order chi connectivity index (χ0) is 14.8.